The second-order valence-corrected chi connectivity index (χ2v) is 2.58. The largest absolute Gasteiger partial charge is 0.377 e. The average Bonchev–Trinajstić information content (AvgIpc) is 2.37. The summed E-state index contributed by atoms with van der Waals surface area (Å²) in [5, 5.41) is 0.854. The van der Waals surface area contributed by atoms with Gasteiger partial charge in [-0.25, -0.2) is 4.98 Å². The summed E-state index contributed by atoms with van der Waals surface area (Å²) < 4.78 is 8.83. The maximum absolute atomic E-state index is 5.33. The number of hydrogen-bond acceptors (Lipinski definition) is 5. The van der Waals surface area contributed by atoms with Gasteiger partial charge in [0.2, 0.25) is 0 Å². The minimum absolute atomic E-state index is 0. The summed E-state index contributed by atoms with van der Waals surface area (Å²) in [4.78, 5) is 4.08. The average molecular weight is 196 g/mol. The zero-order chi connectivity index (χ0) is 7.40. The van der Waals surface area contributed by atoms with Gasteiger partial charge in [0.05, 0.1) is 0 Å². The Hall–Kier alpha value is -0.230. The third-order valence-electron chi connectivity index (χ3n) is 0.958. The summed E-state index contributed by atoms with van der Waals surface area (Å²) in [6, 6.07) is 0. The molecule has 0 aromatic carbocycles. The fraction of sp³-hybridized carbons (Fsp3) is 0.600. The first-order valence-electron chi connectivity index (χ1n) is 2.87. The Morgan fingerprint density at radius 1 is 1.64 bits per heavy atom. The van der Waals surface area contributed by atoms with Crippen LogP contribution in [0, 0.1) is 0 Å². The van der Waals surface area contributed by atoms with Crippen molar-refractivity contribution in [2.24, 2.45) is 5.73 Å². The van der Waals surface area contributed by atoms with Crippen LogP contribution in [0.1, 0.15) is 10.8 Å². The molecule has 0 spiro atoms. The number of halogens is 1. The van der Waals surface area contributed by atoms with Gasteiger partial charge in [-0.15, -0.1) is 12.4 Å². The maximum atomic E-state index is 5.33. The summed E-state index contributed by atoms with van der Waals surface area (Å²) in [5.74, 6) is 0.716. The van der Waals surface area contributed by atoms with Gasteiger partial charge in [0.15, 0.2) is 5.82 Å². The fourth-order valence-corrected chi connectivity index (χ4v) is 1.09. The van der Waals surface area contributed by atoms with E-state index in [-0.39, 0.29) is 12.4 Å². The van der Waals surface area contributed by atoms with Gasteiger partial charge >= 0.3 is 0 Å². The molecule has 6 heteroatoms. The Morgan fingerprint density at radius 3 is 2.82 bits per heavy atom. The van der Waals surface area contributed by atoms with Gasteiger partial charge in [-0.1, -0.05) is 0 Å². The van der Waals surface area contributed by atoms with E-state index in [2.05, 4.69) is 9.36 Å². The molecule has 1 aromatic heterocycles. The third kappa shape index (κ3) is 3.11. The number of nitrogens with two attached hydrogens (primary N) is 1. The highest BCUT2D eigenvalue weighted by atomic mass is 35.5. The van der Waals surface area contributed by atoms with E-state index < -0.39 is 0 Å². The number of rotatable bonds is 3. The molecule has 0 amide bonds. The lowest BCUT2D eigenvalue weighted by atomic mass is 10.6. The van der Waals surface area contributed by atoms with Crippen LogP contribution < -0.4 is 5.73 Å². The van der Waals surface area contributed by atoms with E-state index in [4.69, 9.17) is 10.5 Å². The zero-order valence-corrected chi connectivity index (χ0v) is 7.74. The van der Waals surface area contributed by atoms with Crippen molar-refractivity contribution in [2.45, 2.75) is 13.2 Å². The van der Waals surface area contributed by atoms with Crippen LogP contribution in [0.3, 0.4) is 0 Å². The predicted molar refractivity (Wildman–Crippen MR) is 45.8 cm³/mol. The Bertz CT molecular complexity index is 205. The van der Waals surface area contributed by atoms with Crippen molar-refractivity contribution in [1.82, 2.24) is 9.36 Å². The van der Waals surface area contributed by atoms with Gasteiger partial charge in [0.1, 0.15) is 11.6 Å². The maximum Gasteiger partial charge on any atom is 0.168 e. The lowest BCUT2D eigenvalue weighted by molar-refractivity contribution is 0.178. The molecule has 11 heavy (non-hydrogen) atoms. The molecule has 2 N–H and O–H groups in total. The Kier molecular flexibility index (Phi) is 5.31. The number of nitrogens with zero attached hydrogens (tertiary/aromatic N) is 2. The van der Waals surface area contributed by atoms with E-state index in [9.17, 15) is 0 Å². The van der Waals surface area contributed by atoms with Gasteiger partial charge in [-0.05, 0) is 11.5 Å². The predicted octanol–water partition coefficient (Wildman–Crippen LogP) is 0.565. The van der Waals surface area contributed by atoms with Crippen LogP contribution in [0.25, 0.3) is 0 Å². The molecule has 4 nitrogen and oxygen atoms in total. The van der Waals surface area contributed by atoms with E-state index in [1.165, 1.54) is 11.5 Å². The van der Waals surface area contributed by atoms with Gasteiger partial charge in [0, 0.05) is 13.7 Å². The SMILES string of the molecule is COCc1nsc(CN)n1.Cl. The zero-order valence-electron chi connectivity index (χ0n) is 6.11. The molecule has 1 heterocycles. The normalized spacial score (nSPS) is 9.27. The topological polar surface area (TPSA) is 61.0 Å². The summed E-state index contributed by atoms with van der Waals surface area (Å²) in [5.41, 5.74) is 5.33. The number of aromatic nitrogens is 2. The molecule has 0 fully saturated rings. The molecule has 1 rings (SSSR count). The fourth-order valence-electron chi connectivity index (χ4n) is 0.561. The monoisotopic (exact) mass is 195 g/mol. The minimum Gasteiger partial charge on any atom is -0.377 e. The van der Waals surface area contributed by atoms with Gasteiger partial charge in [0.25, 0.3) is 0 Å². The molecule has 0 bridgehead atoms. The first kappa shape index (κ1) is 10.8. The highest BCUT2D eigenvalue weighted by Crippen LogP contribution is 2.03. The van der Waals surface area contributed by atoms with E-state index >= 15 is 0 Å². The van der Waals surface area contributed by atoms with E-state index in [1.54, 1.807) is 7.11 Å². The molecule has 0 unspecified atom stereocenters. The van der Waals surface area contributed by atoms with Crippen LogP contribution in [0.15, 0.2) is 0 Å². The Labute approximate surface area is 75.4 Å². The first-order valence-corrected chi connectivity index (χ1v) is 3.64. The molecule has 1 aromatic rings. The standard InChI is InChI=1S/C5H9N3OS.ClH/c1-9-3-4-7-5(2-6)10-8-4;/h2-3,6H2,1H3;1H. The van der Waals surface area contributed by atoms with Crippen LogP contribution in [0.4, 0.5) is 0 Å². The van der Waals surface area contributed by atoms with Crippen molar-refractivity contribution in [1.29, 1.82) is 0 Å². The second-order valence-electron chi connectivity index (χ2n) is 1.74. The summed E-state index contributed by atoms with van der Waals surface area (Å²) in [7, 11) is 1.61. The lowest BCUT2D eigenvalue weighted by Gasteiger charge is -1.87. The highest BCUT2D eigenvalue weighted by molar-refractivity contribution is 7.05. The van der Waals surface area contributed by atoms with Gasteiger partial charge < -0.3 is 10.5 Å². The molecule has 0 atom stereocenters. The van der Waals surface area contributed by atoms with Crippen molar-refractivity contribution in [3.8, 4) is 0 Å². The molecule has 0 saturated heterocycles. The van der Waals surface area contributed by atoms with Crippen LogP contribution in [0.5, 0.6) is 0 Å². The van der Waals surface area contributed by atoms with Crippen molar-refractivity contribution in [3.05, 3.63) is 10.8 Å². The quantitative estimate of drug-likeness (QED) is 0.766. The number of ether oxygens (including phenoxy) is 1. The first-order chi connectivity index (χ1) is 4.86. The van der Waals surface area contributed by atoms with Crippen LogP contribution >= 0.6 is 23.9 Å². The van der Waals surface area contributed by atoms with Crippen molar-refractivity contribution in [2.75, 3.05) is 7.11 Å². The molecule has 0 aliphatic rings. The Morgan fingerprint density at radius 2 is 2.36 bits per heavy atom. The molecule has 0 aliphatic heterocycles. The summed E-state index contributed by atoms with van der Waals surface area (Å²) in [6.45, 7) is 0.928. The van der Waals surface area contributed by atoms with E-state index in [1.807, 2.05) is 0 Å². The molecule has 0 aliphatic carbocycles. The molecule has 0 saturated carbocycles. The molecular weight excluding hydrogens is 186 g/mol. The smallest absolute Gasteiger partial charge is 0.168 e. The van der Waals surface area contributed by atoms with Crippen molar-refractivity contribution in [3.63, 3.8) is 0 Å². The molecule has 64 valence electrons. The summed E-state index contributed by atoms with van der Waals surface area (Å²) >= 11 is 1.32. The van der Waals surface area contributed by atoms with Crippen molar-refractivity contribution >= 4 is 23.9 Å². The van der Waals surface area contributed by atoms with Crippen LogP contribution in [-0.2, 0) is 17.9 Å². The van der Waals surface area contributed by atoms with E-state index in [0.717, 1.165) is 5.01 Å². The summed E-state index contributed by atoms with van der Waals surface area (Å²) in [6.07, 6.45) is 0. The molecular formula is C5H10ClN3OS. The number of methoxy groups -OCH3 is 1. The minimum atomic E-state index is 0. The lowest BCUT2D eigenvalue weighted by Crippen LogP contribution is -1.96. The second kappa shape index (κ2) is 5.42. The van der Waals surface area contributed by atoms with Crippen LogP contribution in [-0.4, -0.2) is 16.5 Å². The van der Waals surface area contributed by atoms with Crippen LogP contribution in [0.2, 0.25) is 0 Å². The van der Waals surface area contributed by atoms with Gasteiger partial charge in [-0.2, -0.15) is 4.37 Å². The van der Waals surface area contributed by atoms with E-state index in [0.29, 0.717) is 19.0 Å². The number of hydrogen-bond donors (Lipinski definition) is 1. The van der Waals surface area contributed by atoms with Crippen molar-refractivity contribution < 1.29 is 4.74 Å². The highest BCUT2D eigenvalue weighted by Gasteiger charge is 1.99. The molecule has 0 radical (unpaired) electrons. The Balaban J connectivity index is 0.000001000. The van der Waals surface area contributed by atoms with Gasteiger partial charge in [-0.3, -0.25) is 0 Å². The third-order valence-corrected chi connectivity index (χ3v) is 1.73.